The lowest BCUT2D eigenvalue weighted by atomic mass is 10.6. The van der Waals surface area contributed by atoms with E-state index in [9.17, 15) is 4.79 Å². The average Bonchev–Trinajstić information content (AvgIpc) is 2.14. The summed E-state index contributed by atoms with van der Waals surface area (Å²) >= 11 is 0. The van der Waals surface area contributed by atoms with Crippen LogP contribution in [0.1, 0.15) is 0 Å². The topological polar surface area (TPSA) is 52.9 Å². The first-order valence-corrected chi connectivity index (χ1v) is 2.25. The van der Waals surface area contributed by atoms with Crippen molar-refractivity contribution in [2.24, 2.45) is 4.99 Å². The van der Waals surface area contributed by atoms with Crippen LogP contribution in [0.4, 0.5) is 0 Å². The van der Waals surface area contributed by atoms with Crippen LogP contribution in [-0.2, 0) is 4.79 Å². The Kier molecular flexibility index (Phi) is 1.26. The Morgan fingerprint density at radius 2 is 2.75 bits per heavy atom. The number of carbonyl (C=O) groups is 1. The van der Waals surface area contributed by atoms with E-state index < -0.39 is 0 Å². The molecule has 0 radical (unpaired) electrons. The summed E-state index contributed by atoms with van der Waals surface area (Å²) in [4.78, 5) is 15.1. The predicted octanol–water partition coefficient (Wildman–Crippen LogP) is -1.19. The number of carbonyl (C=O) groups excluding carboxylic acids is 1. The molecule has 0 aliphatic carbocycles. The summed E-state index contributed by atoms with van der Waals surface area (Å²) in [5.74, 6) is -0.195. The molecule has 1 aliphatic heterocycles. The maximum Gasteiger partial charge on any atom is 0.266 e. The maximum atomic E-state index is 10.3. The van der Waals surface area contributed by atoms with Crippen LogP contribution in [0, 0.1) is 0 Å². The largest absolute Gasteiger partial charge is 0.376 e. The number of aliphatic imine (C=N–C) groups is 1. The van der Waals surface area contributed by atoms with E-state index in [0.717, 1.165) is 0 Å². The van der Waals surface area contributed by atoms with E-state index in [1.165, 1.54) is 11.2 Å². The van der Waals surface area contributed by atoms with Crippen LogP contribution in [0.3, 0.4) is 0 Å². The second kappa shape index (κ2) is 1.92. The number of hydrogen-bond acceptors (Lipinski definition) is 3. The van der Waals surface area contributed by atoms with E-state index in [2.05, 4.69) is 4.99 Å². The molecule has 1 heterocycles. The van der Waals surface area contributed by atoms with Gasteiger partial charge in [-0.25, -0.2) is 4.99 Å². The average molecular weight is 114 g/mol. The quantitative estimate of drug-likeness (QED) is 0.466. The third kappa shape index (κ3) is 0.840. The number of nitrogens with zero attached hydrogens (tertiary/aromatic N) is 2. The van der Waals surface area contributed by atoms with E-state index in [1.807, 2.05) is 0 Å². The number of amides is 1. The Morgan fingerprint density at radius 1 is 2.00 bits per heavy atom. The van der Waals surface area contributed by atoms with Crippen LogP contribution in [0.2, 0.25) is 0 Å². The first-order valence-electron chi connectivity index (χ1n) is 2.25. The summed E-state index contributed by atoms with van der Waals surface area (Å²) in [7, 11) is 0. The number of aliphatic hydroxyl groups excluding tert-OH is 1. The van der Waals surface area contributed by atoms with Crippen LogP contribution >= 0.6 is 0 Å². The minimum atomic E-state index is -0.195. The zero-order valence-corrected chi connectivity index (χ0v) is 4.24. The lowest BCUT2D eigenvalue weighted by Gasteiger charge is -2.04. The summed E-state index contributed by atoms with van der Waals surface area (Å²) < 4.78 is 0. The van der Waals surface area contributed by atoms with Gasteiger partial charge in [-0.1, -0.05) is 0 Å². The lowest BCUT2D eigenvalue weighted by molar-refractivity contribution is -0.117. The van der Waals surface area contributed by atoms with Gasteiger partial charge < -0.3 is 10.0 Å². The molecule has 0 saturated carbocycles. The molecule has 8 heavy (non-hydrogen) atoms. The van der Waals surface area contributed by atoms with Crippen molar-refractivity contribution < 1.29 is 9.90 Å². The zero-order chi connectivity index (χ0) is 5.98. The zero-order valence-electron chi connectivity index (χ0n) is 4.24. The van der Waals surface area contributed by atoms with Crippen LogP contribution in [0.15, 0.2) is 4.99 Å². The third-order valence-electron chi connectivity index (χ3n) is 0.885. The van der Waals surface area contributed by atoms with Gasteiger partial charge in [0.1, 0.15) is 13.3 Å². The SMILES string of the molecule is O=C1CN(CO)C=N1. The van der Waals surface area contributed by atoms with Crippen molar-refractivity contribution in [1.82, 2.24) is 4.90 Å². The van der Waals surface area contributed by atoms with E-state index in [4.69, 9.17) is 5.11 Å². The Balaban J connectivity index is 2.46. The molecule has 0 atom stereocenters. The Morgan fingerprint density at radius 3 is 3.00 bits per heavy atom. The fourth-order valence-electron chi connectivity index (χ4n) is 0.488. The van der Waals surface area contributed by atoms with Crippen molar-refractivity contribution in [3.63, 3.8) is 0 Å². The van der Waals surface area contributed by atoms with Gasteiger partial charge in [0.25, 0.3) is 5.91 Å². The third-order valence-corrected chi connectivity index (χ3v) is 0.885. The highest BCUT2D eigenvalue weighted by Gasteiger charge is 2.10. The molecule has 1 rings (SSSR count). The van der Waals surface area contributed by atoms with Gasteiger partial charge in [0.05, 0.1) is 6.34 Å². The van der Waals surface area contributed by atoms with Crippen LogP contribution in [0.25, 0.3) is 0 Å². The summed E-state index contributed by atoms with van der Waals surface area (Å²) in [5, 5.41) is 8.37. The Labute approximate surface area is 46.4 Å². The highest BCUT2D eigenvalue weighted by atomic mass is 16.3. The monoisotopic (exact) mass is 114 g/mol. The molecule has 0 aromatic rings. The van der Waals surface area contributed by atoms with Crippen molar-refractivity contribution >= 4 is 12.2 Å². The summed E-state index contributed by atoms with van der Waals surface area (Å²) in [5.41, 5.74) is 0. The maximum absolute atomic E-state index is 10.3. The predicted molar refractivity (Wildman–Crippen MR) is 27.3 cm³/mol. The van der Waals surface area contributed by atoms with Gasteiger partial charge in [-0.2, -0.15) is 0 Å². The van der Waals surface area contributed by atoms with Crippen LogP contribution in [0.5, 0.6) is 0 Å². The smallest absolute Gasteiger partial charge is 0.266 e. The molecule has 4 heteroatoms. The number of aliphatic hydroxyl groups is 1. The summed E-state index contributed by atoms with van der Waals surface area (Å²) in [6, 6.07) is 0. The van der Waals surface area contributed by atoms with E-state index in [-0.39, 0.29) is 19.2 Å². The molecule has 0 aromatic carbocycles. The van der Waals surface area contributed by atoms with E-state index in [0.29, 0.717) is 0 Å². The molecule has 1 aliphatic rings. The summed E-state index contributed by atoms with van der Waals surface area (Å²) in [6.07, 6.45) is 1.34. The van der Waals surface area contributed by atoms with Crippen molar-refractivity contribution in [1.29, 1.82) is 0 Å². The second-order valence-electron chi connectivity index (χ2n) is 1.53. The van der Waals surface area contributed by atoms with E-state index in [1.54, 1.807) is 0 Å². The number of hydrogen-bond donors (Lipinski definition) is 1. The Bertz CT molecular complexity index is 132. The standard InChI is InChI=1S/C4H6N2O2/c7-3-6-1-4(8)5-2-6/h2,7H,1,3H2. The van der Waals surface area contributed by atoms with E-state index >= 15 is 0 Å². The van der Waals surface area contributed by atoms with Crippen LogP contribution < -0.4 is 0 Å². The molecular weight excluding hydrogens is 108 g/mol. The van der Waals surface area contributed by atoms with Gasteiger partial charge in [0.2, 0.25) is 0 Å². The molecule has 44 valence electrons. The molecule has 1 amide bonds. The summed E-state index contributed by atoms with van der Waals surface area (Å²) in [6.45, 7) is 0.0890. The van der Waals surface area contributed by atoms with Crippen molar-refractivity contribution in [2.45, 2.75) is 0 Å². The molecule has 0 aromatic heterocycles. The Hall–Kier alpha value is -0.900. The van der Waals surface area contributed by atoms with Crippen molar-refractivity contribution in [2.75, 3.05) is 13.3 Å². The van der Waals surface area contributed by atoms with Gasteiger partial charge in [-0.05, 0) is 0 Å². The first-order chi connectivity index (χ1) is 3.83. The second-order valence-corrected chi connectivity index (χ2v) is 1.53. The normalized spacial score (nSPS) is 18.1. The fourth-order valence-corrected chi connectivity index (χ4v) is 0.488. The van der Waals surface area contributed by atoms with Gasteiger partial charge in [0, 0.05) is 0 Å². The first kappa shape index (κ1) is 5.24. The molecule has 0 saturated heterocycles. The van der Waals surface area contributed by atoms with Crippen LogP contribution in [-0.4, -0.2) is 35.5 Å². The van der Waals surface area contributed by atoms with Gasteiger partial charge >= 0.3 is 0 Å². The highest BCUT2D eigenvalue weighted by molar-refractivity contribution is 5.91. The van der Waals surface area contributed by atoms with Gasteiger partial charge in [0.15, 0.2) is 0 Å². The number of rotatable bonds is 1. The molecule has 4 nitrogen and oxygen atoms in total. The highest BCUT2D eigenvalue weighted by Crippen LogP contribution is 1.91. The molecule has 0 fully saturated rings. The van der Waals surface area contributed by atoms with Crippen molar-refractivity contribution in [3.8, 4) is 0 Å². The minimum absolute atomic E-state index is 0.130. The molecule has 0 spiro atoms. The van der Waals surface area contributed by atoms with Gasteiger partial charge in [-0.15, -0.1) is 0 Å². The van der Waals surface area contributed by atoms with Gasteiger partial charge in [-0.3, -0.25) is 4.79 Å². The molecule has 1 N–H and O–H groups in total. The lowest BCUT2D eigenvalue weighted by Crippen LogP contribution is -2.21. The minimum Gasteiger partial charge on any atom is -0.376 e. The van der Waals surface area contributed by atoms with Crippen molar-refractivity contribution in [3.05, 3.63) is 0 Å². The molecule has 0 unspecified atom stereocenters. The molecular formula is C4H6N2O2. The molecule has 0 bridgehead atoms. The fraction of sp³-hybridized carbons (Fsp3) is 0.500.